The minimum atomic E-state index is -0.627. The Morgan fingerprint density at radius 1 is 1.15 bits per heavy atom. The normalized spacial score (nSPS) is 16.4. The highest BCUT2D eigenvalue weighted by Crippen LogP contribution is 2.28. The number of nitrogens with one attached hydrogen (secondary N) is 3. The Bertz CT molecular complexity index is 950. The summed E-state index contributed by atoms with van der Waals surface area (Å²) in [7, 11) is 0. The standard InChI is InChI=1S/C19H18N4O4/c1-11-6-8-13(9-7-11)17-16(12(2)20-19(25)22-17)18(24)21-14-4-3-5-15(10-14)23(26)27/h3-10,17H,1-2H3,(H,21,24)(H2,20,22,25). The predicted octanol–water partition coefficient (Wildman–Crippen LogP) is 3.17. The van der Waals surface area contributed by atoms with Crippen molar-refractivity contribution in [1.29, 1.82) is 0 Å². The number of nitrogens with zero attached hydrogens (tertiary/aromatic N) is 1. The number of amides is 3. The smallest absolute Gasteiger partial charge is 0.319 e. The number of urea groups is 1. The Labute approximate surface area is 155 Å². The van der Waals surface area contributed by atoms with Crippen LogP contribution in [-0.4, -0.2) is 16.9 Å². The number of nitro groups is 1. The van der Waals surface area contributed by atoms with Crippen LogP contribution < -0.4 is 16.0 Å². The monoisotopic (exact) mass is 366 g/mol. The van der Waals surface area contributed by atoms with Gasteiger partial charge in [-0.1, -0.05) is 35.9 Å². The van der Waals surface area contributed by atoms with Crippen molar-refractivity contribution >= 4 is 23.3 Å². The van der Waals surface area contributed by atoms with Gasteiger partial charge >= 0.3 is 6.03 Å². The number of benzene rings is 2. The highest BCUT2D eigenvalue weighted by atomic mass is 16.6. The van der Waals surface area contributed by atoms with Gasteiger partial charge in [-0.25, -0.2) is 4.79 Å². The van der Waals surface area contributed by atoms with Gasteiger partial charge in [0.15, 0.2) is 0 Å². The van der Waals surface area contributed by atoms with Crippen molar-refractivity contribution in [2.75, 3.05) is 5.32 Å². The molecule has 0 spiro atoms. The van der Waals surface area contributed by atoms with E-state index in [4.69, 9.17) is 0 Å². The van der Waals surface area contributed by atoms with Crippen molar-refractivity contribution in [2.24, 2.45) is 0 Å². The Kier molecular flexibility index (Phi) is 4.89. The van der Waals surface area contributed by atoms with Crippen LogP contribution >= 0.6 is 0 Å². The number of carbonyl (C=O) groups excluding carboxylic acids is 2. The lowest BCUT2D eigenvalue weighted by molar-refractivity contribution is -0.384. The summed E-state index contributed by atoms with van der Waals surface area (Å²) in [5.41, 5.74) is 2.76. The number of aryl methyl sites for hydroxylation is 1. The zero-order valence-electron chi connectivity index (χ0n) is 14.8. The summed E-state index contributed by atoms with van der Waals surface area (Å²) in [6.07, 6.45) is 0. The lowest BCUT2D eigenvalue weighted by atomic mass is 9.94. The van der Waals surface area contributed by atoms with Crippen LogP contribution in [0, 0.1) is 17.0 Å². The largest absolute Gasteiger partial charge is 0.327 e. The van der Waals surface area contributed by atoms with Crippen LogP contribution in [-0.2, 0) is 4.79 Å². The molecule has 0 fully saturated rings. The van der Waals surface area contributed by atoms with Crippen molar-refractivity contribution < 1.29 is 14.5 Å². The first-order valence-electron chi connectivity index (χ1n) is 8.26. The van der Waals surface area contributed by atoms with Crippen LogP contribution in [0.1, 0.15) is 24.1 Å². The number of anilines is 1. The molecule has 0 aliphatic carbocycles. The van der Waals surface area contributed by atoms with E-state index in [2.05, 4.69) is 16.0 Å². The van der Waals surface area contributed by atoms with E-state index in [1.807, 2.05) is 31.2 Å². The van der Waals surface area contributed by atoms with Crippen LogP contribution in [0.15, 0.2) is 59.8 Å². The quantitative estimate of drug-likeness (QED) is 0.570. The van der Waals surface area contributed by atoms with E-state index in [1.165, 1.54) is 18.2 Å². The van der Waals surface area contributed by atoms with Gasteiger partial charge in [-0.3, -0.25) is 14.9 Å². The van der Waals surface area contributed by atoms with Crippen molar-refractivity contribution in [3.05, 3.63) is 81.0 Å². The molecule has 1 unspecified atom stereocenters. The van der Waals surface area contributed by atoms with Crippen molar-refractivity contribution in [1.82, 2.24) is 10.6 Å². The fourth-order valence-electron chi connectivity index (χ4n) is 2.90. The number of hydrogen-bond acceptors (Lipinski definition) is 4. The molecule has 138 valence electrons. The summed E-state index contributed by atoms with van der Waals surface area (Å²) >= 11 is 0. The number of nitro benzene ring substituents is 1. The lowest BCUT2D eigenvalue weighted by Crippen LogP contribution is -2.45. The molecule has 1 heterocycles. The Morgan fingerprint density at radius 2 is 1.85 bits per heavy atom. The summed E-state index contributed by atoms with van der Waals surface area (Å²) < 4.78 is 0. The van der Waals surface area contributed by atoms with Crippen molar-refractivity contribution in [3.8, 4) is 0 Å². The van der Waals surface area contributed by atoms with E-state index in [0.29, 0.717) is 17.0 Å². The average molecular weight is 366 g/mol. The van der Waals surface area contributed by atoms with E-state index in [9.17, 15) is 19.7 Å². The van der Waals surface area contributed by atoms with Crippen molar-refractivity contribution in [3.63, 3.8) is 0 Å². The second-order valence-electron chi connectivity index (χ2n) is 6.24. The highest BCUT2D eigenvalue weighted by molar-refractivity contribution is 6.06. The van der Waals surface area contributed by atoms with Gasteiger partial charge in [0.2, 0.25) is 0 Å². The van der Waals surface area contributed by atoms with E-state index in [-0.39, 0.29) is 5.69 Å². The number of rotatable bonds is 4. The fraction of sp³-hybridized carbons (Fsp3) is 0.158. The molecular weight excluding hydrogens is 348 g/mol. The first-order valence-corrected chi connectivity index (χ1v) is 8.26. The summed E-state index contributed by atoms with van der Waals surface area (Å²) in [6, 6.07) is 12.1. The predicted molar refractivity (Wildman–Crippen MR) is 100 cm³/mol. The minimum Gasteiger partial charge on any atom is -0.327 e. The molecule has 0 saturated heterocycles. The zero-order chi connectivity index (χ0) is 19.6. The van der Waals surface area contributed by atoms with Gasteiger partial charge in [0.05, 0.1) is 16.5 Å². The molecule has 1 atom stereocenters. The maximum atomic E-state index is 12.9. The Hall–Kier alpha value is -3.68. The molecule has 8 nitrogen and oxygen atoms in total. The molecule has 8 heteroatoms. The number of carbonyl (C=O) groups is 2. The van der Waals surface area contributed by atoms with Gasteiger partial charge < -0.3 is 16.0 Å². The lowest BCUT2D eigenvalue weighted by Gasteiger charge is -2.28. The van der Waals surface area contributed by atoms with Gasteiger partial charge in [0, 0.05) is 23.5 Å². The van der Waals surface area contributed by atoms with Gasteiger partial charge in [-0.05, 0) is 25.5 Å². The molecule has 0 bridgehead atoms. The number of hydrogen-bond donors (Lipinski definition) is 3. The van der Waals surface area contributed by atoms with E-state index in [1.54, 1.807) is 13.0 Å². The maximum absolute atomic E-state index is 12.9. The van der Waals surface area contributed by atoms with Crippen molar-refractivity contribution in [2.45, 2.75) is 19.9 Å². The maximum Gasteiger partial charge on any atom is 0.319 e. The molecular formula is C19H18N4O4. The van der Waals surface area contributed by atoms with Crippen LogP contribution in [0.3, 0.4) is 0 Å². The number of allylic oxidation sites excluding steroid dienone is 1. The van der Waals surface area contributed by atoms with E-state index >= 15 is 0 Å². The van der Waals surface area contributed by atoms with Crippen LogP contribution in [0.4, 0.5) is 16.2 Å². The molecule has 3 amide bonds. The molecule has 3 rings (SSSR count). The Balaban J connectivity index is 1.93. The fourth-order valence-corrected chi connectivity index (χ4v) is 2.90. The summed E-state index contributed by atoms with van der Waals surface area (Å²) in [6.45, 7) is 3.59. The van der Waals surface area contributed by atoms with Crippen LogP contribution in [0.5, 0.6) is 0 Å². The molecule has 3 N–H and O–H groups in total. The third-order valence-electron chi connectivity index (χ3n) is 4.24. The average Bonchev–Trinajstić information content (AvgIpc) is 2.61. The van der Waals surface area contributed by atoms with Gasteiger partial charge in [-0.2, -0.15) is 0 Å². The van der Waals surface area contributed by atoms with Gasteiger partial charge in [0.25, 0.3) is 11.6 Å². The SMILES string of the molecule is CC1=C(C(=O)Nc2cccc([N+](=O)[O-])c2)C(c2ccc(C)cc2)NC(=O)N1. The van der Waals surface area contributed by atoms with Gasteiger partial charge in [0.1, 0.15) is 0 Å². The van der Waals surface area contributed by atoms with Crippen LogP contribution in [0.25, 0.3) is 0 Å². The topological polar surface area (TPSA) is 113 Å². The summed E-state index contributed by atoms with van der Waals surface area (Å²) in [5.74, 6) is -0.453. The first kappa shape index (κ1) is 18.1. The zero-order valence-corrected chi connectivity index (χ0v) is 14.8. The summed E-state index contributed by atoms with van der Waals surface area (Å²) in [4.78, 5) is 35.2. The van der Waals surface area contributed by atoms with Crippen LogP contribution in [0.2, 0.25) is 0 Å². The Morgan fingerprint density at radius 3 is 2.52 bits per heavy atom. The number of non-ortho nitro benzene ring substituents is 1. The molecule has 1 aliphatic rings. The molecule has 0 saturated carbocycles. The van der Waals surface area contributed by atoms with E-state index < -0.39 is 22.9 Å². The second kappa shape index (κ2) is 7.28. The third-order valence-corrected chi connectivity index (χ3v) is 4.24. The summed E-state index contributed by atoms with van der Waals surface area (Å²) in [5, 5.41) is 18.9. The first-order chi connectivity index (χ1) is 12.8. The highest BCUT2D eigenvalue weighted by Gasteiger charge is 2.31. The molecule has 27 heavy (non-hydrogen) atoms. The molecule has 1 aliphatic heterocycles. The molecule has 0 aromatic heterocycles. The third kappa shape index (κ3) is 3.95. The minimum absolute atomic E-state index is 0.122. The molecule has 2 aromatic carbocycles. The molecule has 0 radical (unpaired) electrons. The second-order valence-corrected chi connectivity index (χ2v) is 6.24. The van der Waals surface area contributed by atoms with Gasteiger partial charge in [-0.15, -0.1) is 0 Å². The molecule has 2 aromatic rings. The van der Waals surface area contributed by atoms with E-state index in [0.717, 1.165) is 11.1 Å².